The molecule has 5 heteroatoms. The number of rotatable bonds is 0. The minimum Gasteiger partial charge on any atom is -0.507 e. The first-order valence-corrected chi connectivity index (χ1v) is 9.39. The third-order valence-corrected chi connectivity index (χ3v) is 5.99. The van der Waals surface area contributed by atoms with Crippen LogP contribution in [-0.2, 0) is 5.41 Å². The molecule has 2 heterocycles. The Bertz CT molecular complexity index is 1380. The van der Waals surface area contributed by atoms with Crippen LogP contribution in [0.15, 0.2) is 58.0 Å². The molecular weight excluding hydrogens is 406 g/mol. The number of hydrogen-bond donors (Lipinski definition) is 2. The first kappa shape index (κ1) is 16.4. The van der Waals surface area contributed by atoms with E-state index in [4.69, 9.17) is 4.74 Å². The summed E-state index contributed by atoms with van der Waals surface area (Å²) in [5, 5.41) is 13.4. The number of ether oxygens (including phenoxy) is 1. The number of aromatic nitrogens is 1. The first-order chi connectivity index (χ1) is 12.8. The minimum atomic E-state index is -0.473. The number of phenols is 1. The summed E-state index contributed by atoms with van der Waals surface area (Å²) < 4.78 is 6.71. The Morgan fingerprint density at radius 2 is 1.93 bits per heavy atom. The van der Waals surface area contributed by atoms with Crippen LogP contribution in [0.2, 0.25) is 0 Å². The van der Waals surface area contributed by atoms with Crippen molar-refractivity contribution in [2.75, 3.05) is 0 Å². The van der Waals surface area contributed by atoms with Crippen LogP contribution in [0, 0.1) is 0 Å². The summed E-state index contributed by atoms with van der Waals surface area (Å²) in [5.41, 5.74) is 1.50. The predicted molar refractivity (Wildman–Crippen MR) is 112 cm³/mol. The van der Waals surface area contributed by atoms with Crippen LogP contribution in [0.1, 0.15) is 19.4 Å². The number of aromatic amines is 1. The number of hydrogen-bond acceptors (Lipinski definition) is 3. The van der Waals surface area contributed by atoms with E-state index in [-0.39, 0.29) is 16.6 Å². The van der Waals surface area contributed by atoms with Gasteiger partial charge in [-0.3, -0.25) is 4.79 Å². The Morgan fingerprint density at radius 1 is 1.15 bits per heavy atom. The number of benzene rings is 3. The molecule has 1 aromatic heterocycles. The molecule has 2 N–H and O–H groups in total. The fourth-order valence-corrected chi connectivity index (χ4v) is 4.31. The fourth-order valence-electron chi connectivity index (χ4n) is 3.93. The van der Waals surface area contributed by atoms with E-state index < -0.39 is 5.41 Å². The molecule has 1 aliphatic heterocycles. The molecule has 0 radical (unpaired) electrons. The lowest BCUT2D eigenvalue weighted by Crippen LogP contribution is -2.17. The van der Waals surface area contributed by atoms with E-state index in [1.807, 2.05) is 44.2 Å². The number of nitrogens with one attached hydrogen (secondary N) is 1. The van der Waals surface area contributed by atoms with Crippen LogP contribution in [-0.4, -0.2) is 10.1 Å². The number of halogens is 1. The van der Waals surface area contributed by atoms with Crippen molar-refractivity contribution in [2.24, 2.45) is 0 Å². The Balaban J connectivity index is 2.00. The van der Waals surface area contributed by atoms with Gasteiger partial charge in [0.05, 0.1) is 21.8 Å². The minimum absolute atomic E-state index is 0.0910. The molecule has 0 unspecified atom stereocenters. The third kappa shape index (κ3) is 2.12. The Kier molecular flexibility index (Phi) is 3.12. The third-order valence-electron chi connectivity index (χ3n) is 5.50. The van der Waals surface area contributed by atoms with Crippen molar-refractivity contribution in [1.29, 1.82) is 0 Å². The van der Waals surface area contributed by atoms with Gasteiger partial charge in [-0.25, -0.2) is 0 Å². The van der Waals surface area contributed by atoms with Crippen LogP contribution in [0.3, 0.4) is 0 Å². The highest BCUT2D eigenvalue weighted by molar-refractivity contribution is 9.10. The molecule has 27 heavy (non-hydrogen) atoms. The van der Waals surface area contributed by atoms with Crippen LogP contribution in [0.5, 0.6) is 11.5 Å². The average Bonchev–Trinajstić information content (AvgIpc) is 2.82. The van der Waals surface area contributed by atoms with Crippen LogP contribution >= 0.6 is 15.9 Å². The summed E-state index contributed by atoms with van der Waals surface area (Å²) in [6.45, 7) is 7.99. The zero-order chi connectivity index (χ0) is 19.1. The molecule has 0 saturated carbocycles. The van der Waals surface area contributed by atoms with Gasteiger partial charge in [0.15, 0.2) is 0 Å². The number of H-pyrrole nitrogens is 1. The van der Waals surface area contributed by atoms with Crippen LogP contribution in [0.25, 0.3) is 32.6 Å². The maximum absolute atomic E-state index is 13.3. The van der Waals surface area contributed by atoms with E-state index in [2.05, 4.69) is 27.5 Å². The topological polar surface area (TPSA) is 62.3 Å². The Labute approximate surface area is 163 Å². The van der Waals surface area contributed by atoms with E-state index in [9.17, 15) is 9.90 Å². The lowest BCUT2D eigenvalue weighted by molar-refractivity contribution is 0.394. The molecule has 0 atom stereocenters. The van der Waals surface area contributed by atoms with Crippen molar-refractivity contribution in [1.82, 2.24) is 4.98 Å². The van der Waals surface area contributed by atoms with Crippen molar-refractivity contribution in [3.63, 3.8) is 0 Å². The number of pyridine rings is 1. The van der Waals surface area contributed by atoms with E-state index in [1.54, 1.807) is 0 Å². The first-order valence-electron chi connectivity index (χ1n) is 8.60. The number of fused-ring (bicyclic) bond motifs is 5. The molecule has 3 aromatic carbocycles. The summed E-state index contributed by atoms with van der Waals surface area (Å²) in [5.74, 6) is 1.04. The summed E-state index contributed by atoms with van der Waals surface area (Å²) in [6, 6.07) is 11.3. The molecule has 0 bridgehead atoms. The Hall–Kier alpha value is -2.79. The van der Waals surface area contributed by atoms with Gasteiger partial charge in [0.2, 0.25) is 5.43 Å². The average molecular weight is 422 g/mol. The van der Waals surface area contributed by atoms with Gasteiger partial charge in [0.25, 0.3) is 0 Å². The van der Waals surface area contributed by atoms with Gasteiger partial charge < -0.3 is 14.8 Å². The second-order valence-electron chi connectivity index (χ2n) is 7.51. The largest absolute Gasteiger partial charge is 0.507 e. The highest BCUT2D eigenvalue weighted by atomic mass is 79.9. The van der Waals surface area contributed by atoms with Gasteiger partial charge in [0, 0.05) is 21.5 Å². The Morgan fingerprint density at radius 3 is 2.70 bits per heavy atom. The van der Waals surface area contributed by atoms with Crippen molar-refractivity contribution >= 4 is 48.5 Å². The van der Waals surface area contributed by atoms with Crippen molar-refractivity contribution in [3.05, 3.63) is 69.0 Å². The second-order valence-corrected chi connectivity index (χ2v) is 8.43. The molecular formula is C22H16BrNO3. The van der Waals surface area contributed by atoms with Gasteiger partial charge in [-0.2, -0.15) is 0 Å². The van der Waals surface area contributed by atoms with E-state index in [0.717, 1.165) is 26.3 Å². The summed E-state index contributed by atoms with van der Waals surface area (Å²) in [6.07, 6.45) is 0. The normalized spacial score (nSPS) is 15.4. The van der Waals surface area contributed by atoms with Crippen LogP contribution < -0.4 is 10.2 Å². The summed E-state index contributed by atoms with van der Waals surface area (Å²) in [7, 11) is 0. The van der Waals surface area contributed by atoms with Crippen LogP contribution in [0.4, 0.5) is 0 Å². The maximum atomic E-state index is 13.3. The quantitative estimate of drug-likeness (QED) is 0.369. The smallest absolute Gasteiger partial charge is 0.200 e. The molecule has 0 saturated heterocycles. The molecule has 134 valence electrons. The standard InChI is InChI=1S/C22H16BrNO3/c1-10-22(2,3)19-17(27-10)9-16(25)18-20(19)24-15-8-11-4-5-13(23)6-12(11)7-14(15)21(18)26/h4-9,25H,1H2,2-3H3,(H,24,26). The number of allylic oxidation sites excluding steroid dienone is 1. The molecule has 0 fully saturated rings. The highest BCUT2D eigenvalue weighted by Gasteiger charge is 2.39. The molecule has 0 amide bonds. The van der Waals surface area contributed by atoms with E-state index in [0.29, 0.717) is 22.4 Å². The zero-order valence-corrected chi connectivity index (χ0v) is 16.4. The summed E-state index contributed by atoms with van der Waals surface area (Å²) >= 11 is 3.47. The highest BCUT2D eigenvalue weighted by Crippen LogP contribution is 2.49. The van der Waals surface area contributed by atoms with Gasteiger partial charge in [0.1, 0.15) is 17.3 Å². The summed E-state index contributed by atoms with van der Waals surface area (Å²) in [4.78, 5) is 16.7. The SMILES string of the molecule is C=C1Oc2cc(O)c3c(=O)c4cc5cc(Br)ccc5cc4[nH]c3c2C1(C)C. The number of phenolic OH excluding ortho intramolecular Hbond substituents is 1. The maximum Gasteiger partial charge on any atom is 0.200 e. The molecule has 4 aromatic rings. The molecule has 0 spiro atoms. The van der Waals surface area contributed by atoms with Gasteiger partial charge >= 0.3 is 0 Å². The van der Waals surface area contributed by atoms with Crippen molar-refractivity contribution < 1.29 is 9.84 Å². The second kappa shape index (κ2) is 5.14. The monoisotopic (exact) mass is 421 g/mol. The predicted octanol–water partition coefficient (Wildman–Crippen LogP) is 5.49. The molecule has 0 aliphatic carbocycles. The van der Waals surface area contributed by atoms with E-state index in [1.165, 1.54) is 6.07 Å². The number of aromatic hydroxyl groups is 1. The lowest BCUT2D eigenvalue weighted by atomic mass is 9.83. The lowest BCUT2D eigenvalue weighted by Gasteiger charge is -2.19. The zero-order valence-electron chi connectivity index (χ0n) is 14.8. The van der Waals surface area contributed by atoms with Gasteiger partial charge in [-0.1, -0.05) is 28.6 Å². The van der Waals surface area contributed by atoms with Crippen molar-refractivity contribution in [2.45, 2.75) is 19.3 Å². The van der Waals surface area contributed by atoms with Crippen molar-refractivity contribution in [3.8, 4) is 11.5 Å². The van der Waals surface area contributed by atoms with E-state index >= 15 is 0 Å². The molecule has 5 rings (SSSR count). The van der Waals surface area contributed by atoms with Gasteiger partial charge in [-0.15, -0.1) is 0 Å². The van der Waals surface area contributed by atoms with Gasteiger partial charge in [-0.05, 0) is 48.9 Å². The molecule has 1 aliphatic rings. The molecule has 4 nitrogen and oxygen atoms in total. The fraction of sp³-hybridized carbons (Fsp3) is 0.136.